The van der Waals surface area contributed by atoms with E-state index in [0.29, 0.717) is 0 Å². The monoisotopic (exact) mass is 298 g/mol. The summed E-state index contributed by atoms with van der Waals surface area (Å²) in [6.45, 7) is 0.0952. The van der Waals surface area contributed by atoms with Crippen molar-refractivity contribution in [3.63, 3.8) is 0 Å². The first-order chi connectivity index (χ1) is 7.56. The fourth-order valence-electron chi connectivity index (χ4n) is 1.37. The Kier molecular flexibility index (Phi) is 3.94. The van der Waals surface area contributed by atoms with Crippen LogP contribution in [0.25, 0.3) is 0 Å². The van der Waals surface area contributed by atoms with Gasteiger partial charge in [0, 0.05) is 6.42 Å². The highest BCUT2D eigenvalue weighted by Crippen LogP contribution is 2.66. The lowest BCUT2D eigenvalue weighted by Gasteiger charge is -2.42. The zero-order chi connectivity index (χ0) is 15.2. The molecule has 0 aliphatic rings. The fourth-order valence-corrected chi connectivity index (χ4v) is 1.37. The van der Waals surface area contributed by atoms with Crippen molar-refractivity contribution in [3.8, 4) is 0 Å². The van der Waals surface area contributed by atoms with Crippen LogP contribution in [-0.4, -0.2) is 24.5 Å². The molecule has 0 nitrogen and oxygen atoms in total. The lowest BCUT2D eigenvalue weighted by Crippen LogP contribution is -2.68. The molecule has 0 radical (unpaired) electrons. The Bertz CT molecular complexity index is 254. The SMILES string of the molecule is CCC(F)(F)C(C(F)(F)F)(C(F)(F)F)C(F)(F)F. The Morgan fingerprint density at radius 3 is 0.833 bits per heavy atom. The van der Waals surface area contributed by atoms with Crippen molar-refractivity contribution in [2.45, 2.75) is 37.8 Å². The molecule has 0 amide bonds. The molecule has 0 saturated carbocycles. The van der Waals surface area contributed by atoms with Crippen molar-refractivity contribution >= 4 is 0 Å². The van der Waals surface area contributed by atoms with Gasteiger partial charge in [-0.05, 0) is 0 Å². The third-order valence-electron chi connectivity index (χ3n) is 2.27. The molecule has 0 aliphatic heterocycles. The third-order valence-corrected chi connectivity index (χ3v) is 2.27. The molecule has 0 aliphatic carbocycles. The summed E-state index contributed by atoms with van der Waals surface area (Å²) in [4.78, 5) is 0. The molecule has 0 aromatic carbocycles. The van der Waals surface area contributed by atoms with Crippen molar-refractivity contribution < 1.29 is 48.3 Å². The number of hydrogen-bond donors (Lipinski definition) is 0. The van der Waals surface area contributed by atoms with Gasteiger partial charge in [-0.1, -0.05) is 6.92 Å². The van der Waals surface area contributed by atoms with E-state index in [0.717, 1.165) is 0 Å². The second-order valence-electron chi connectivity index (χ2n) is 3.30. The standard InChI is InChI=1S/C7H5F11/c1-2-3(8,9)4(5(10,11)12,6(13,14)15)7(16,17)18/h2H2,1H3. The molecular weight excluding hydrogens is 293 g/mol. The van der Waals surface area contributed by atoms with E-state index < -0.39 is 36.3 Å². The van der Waals surface area contributed by atoms with Crippen molar-refractivity contribution in [1.29, 1.82) is 0 Å². The van der Waals surface area contributed by atoms with Gasteiger partial charge in [-0.3, -0.25) is 0 Å². The first-order valence-corrected chi connectivity index (χ1v) is 4.14. The van der Waals surface area contributed by atoms with Gasteiger partial charge in [0.15, 0.2) is 0 Å². The molecule has 0 N–H and O–H groups in total. The zero-order valence-electron chi connectivity index (χ0n) is 8.36. The normalized spacial score (nSPS) is 16.0. The van der Waals surface area contributed by atoms with Crippen molar-refractivity contribution in [2.24, 2.45) is 5.41 Å². The number of halogens is 11. The zero-order valence-corrected chi connectivity index (χ0v) is 8.36. The Labute approximate surface area is 92.7 Å². The highest BCUT2D eigenvalue weighted by molar-refractivity contribution is 5.07. The van der Waals surface area contributed by atoms with Crippen LogP contribution in [0.15, 0.2) is 0 Å². The maximum Gasteiger partial charge on any atom is 0.418 e. The summed E-state index contributed by atoms with van der Waals surface area (Å²) in [7, 11) is 0. The van der Waals surface area contributed by atoms with Crippen LogP contribution in [0.3, 0.4) is 0 Å². The van der Waals surface area contributed by atoms with Gasteiger partial charge < -0.3 is 0 Å². The highest BCUT2D eigenvalue weighted by Gasteiger charge is 2.92. The molecule has 11 heteroatoms. The van der Waals surface area contributed by atoms with Gasteiger partial charge in [0.25, 0.3) is 5.92 Å². The topological polar surface area (TPSA) is 0 Å². The minimum atomic E-state index is -7.23. The molecule has 0 heterocycles. The summed E-state index contributed by atoms with van der Waals surface area (Å²) >= 11 is 0. The number of hydrogen-bond acceptors (Lipinski definition) is 0. The number of rotatable bonds is 2. The molecule has 110 valence electrons. The van der Waals surface area contributed by atoms with Crippen LogP contribution in [0.5, 0.6) is 0 Å². The molecule has 0 saturated heterocycles. The summed E-state index contributed by atoms with van der Waals surface area (Å²) in [6.07, 6.45) is -24.0. The van der Waals surface area contributed by atoms with Gasteiger partial charge in [0.05, 0.1) is 0 Å². The predicted molar refractivity (Wildman–Crippen MR) is 35.8 cm³/mol. The van der Waals surface area contributed by atoms with E-state index in [1.54, 1.807) is 0 Å². The van der Waals surface area contributed by atoms with Gasteiger partial charge in [-0.2, -0.15) is 39.5 Å². The maximum absolute atomic E-state index is 12.8. The quantitative estimate of drug-likeness (QED) is 0.648. The predicted octanol–water partition coefficient (Wildman–Crippen LogP) is 4.71. The first-order valence-electron chi connectivity index (χ1n) is 4.14. The van der Waals surface area contributed by atoms with E-state index in [9.17, 15) is 48.3 Å². The van der Waals surface area contributed by atoms with E-state index in [1.807, 2.05) is 0 Å². The number of alkyl halides is 11. The van der Waals surface area contributed by atoms with Gasteiger partial charge in [0.2, 0.25) is 0 Å². The molecule has 0 unspecified atom stereocenters. The van der Waals surface area contributed by atoms with E-state index in [4.69, 9.17) is 0 Å². The van der Waals surface area contributed by atoms with Gasteiger partial charge in [-0.15, -0.1) is 0 Å². The van der Waals surface area contributed by atoms with E-state index >= 15 is 0 Å². The Morgan fingerprint density at radius 1 is 0.556 bits per heavy atom. The molecule has 18 heavy (non-hydrogen) atoms. The van der Waals surface area contributed by atoms with Crippen LogP contribution >= 0.6 is 0 Å². The second-order valence-corrected chi connectivity index (χ2v) is 3.30. The average molecular weight is 298 g/mol. The smallest absolute Gasteiger partial charge is 0.205 e. The minimum Gasteiger partial charge on any atom is -0.205 e. The fraction of sp³-hybridized carbons (Fsp3) is 1.00. The van der Waals surface area contributed by atoms with Crippen LogP contribution in [-0.2, 0) is 0 Å². The van der Waals surface area contributed by atoms with E-state index in [1.165, 1.54) is 0 Å². The molecule has 0 spiro atoms. The van der Waals surface area contributed by atoms with Crippen LogP contribution in [0.1, 0.15) is 13.3 Å². The van der Waals surface area contributed by atoms with Gasteiger partial charge >= 0.3 is 23.9 Å². The largest absolute Gasteiger partial charge is 0.418 e. The molecule has 0 atom stereocenters. The molecule has 0 fully saturated rings. The van der Waals surface area contributed by atoms with Crippen LogP contribution in [0.4, 0.5) is 48.3 Å². The molecule has 0 bridgehead atoms. The lowest BCUT2D eigenvalue weighted by atomic mass is 9.77. The molecule has 0 aromatic rings. The maximum atomic E-state index is 12.8. The minimum absolute atomic E-state index is 0.0952. The van der Waals surface area contributed by atoms with E-state index in [2.05, 4.69) is 0 Å². The van der Waals surface area contributed by atoms with Crippen LogP contribution in [0, 0.1) is 5.41 Å². The summed E-state index contributed by atoms with van der Waals surface area (Å²) < 4.78 is 135. The molecule has 0 aromatic heterocycles. The summed E-state index contributed by atoms with van der Waals surface area (Å²) in [5.41, 5.74) is -7.07. The Hall–Kier alpha value is -0.770. The van der Waals surface area contributed by atoms with Gasteiger partial charge in [-0.25, -0.2) is 8.78 Å². The third kappa shape index (κ3) is 2.11. The summed E-state index contributed by atoms with van der Waals surface area (Å²) in [6, 6.07) is 0. The van der Waals surface area contributed by atoms with Crippen molar-refractivity contribution in [1.82, 2.24) is 0 Å². The summed E-state index contributed by atoms with van der Waals surface area (Å²) in [5, 5.41) is 0. The van der Waals surface area contributed by atoms with Crippen molar-refractivity contribution in [2.75, 3.05) is 0 Å². The lowest BCUT2D eigenvalue weighted by molar-refractivity contribution is -0.475. The Morgan fingerprint density at radius 2 is 0.778 bits per heavy atom. The molecule has 0 rings (SSSR count). The van der Waals surface area contributed by atoms with E-state index in [-0.39, 0.29) is 6.92 Å². The first kappa shape index (κ1) is 17.2. The van der Waals surface area contributed by atoms with Gasteiger partial charge in [0.1, 0.15) is 0 Å². The van der Waals surface area contributed by atoms with Crippen LogP contribution in [0.2, 0.25) is 0 Å². The van der Waals surface area contributed by atoms with Crippen LogP contribution < -0.4 is 0 Å². The second kappa shape index (κ2) is 4.12. The molecular formula is C7H5F11. The summed E-state index contributed by atoms with van der Waals surface area (Å²) in [5.74, 6) is -6.07. The highest BCUT2D eigenvalue weighted by atomic mass is 19.4. The Balaban J connectivity index is 6.47. The van der Waals surface area contributed by atoms with Crippen molar-refractivity contribution in [3.05, 3.63) is 0 Å². The average Bonchev–Trinajstić information content (AvgIpc) is 1.94.